The topological polar surface area (TPSA) is 41.7 Å². The molecule has 0 spiro atoms. The first kappa shape index (κ1) is 15.0. The summed E-state index contributed by atoms with van der Waals surface area (Å²) in [5.74, 6) is 0. The van der Waals surface area contributed by atoms with Crippen LogP contribution in [0, 0.1) is 0 Å². The van der Waals surface area contributed by atoms with E-state index < -0.39 is 0 Å². The van der Waals surface area contributed by atoms with Crippen molar-refractivity contribution in [2.75, 3.05) is 39.8 Å². The van der Waals surface area contributed by atoms with E-state index in [9.17, 15) is 0 Å². The van der Waals surface area contributed by atoms with E-state index in [1.54, 1.807) is 0 Å². The molecule has 2 saturated heterocycles. The molecule has 1 aromatic carbocycles. The van der Waals surface area contributed by atoms with E-state index in [-0.39, 0.29) is 5.54 Å². The summed E-state index contributed by atoms with van der Waals surface area (Å²) in [4.78, 5) is 5.12. The van der Waals surface area contributed by atoms with Crippen LogP contribution in [0.4, 0.5) is 0 Å². The molecule has 1 aromatic rings. The maximum atomic E-state index is 6.18. The Morgan fingerprint density at radius 2 is 2.10 bits per heavy atom. The summed E-state index contributed by atoms with van der Waals surface area (Å²) in [5.41, 5.74) is 7.73. The Bertz CT molecular complexity index is 453. The van der Waals surface area contributed by atoms with E-state index in [2.05, 4.69) is 40.1 Å². The van der Waals surface area contributed by atoms with Crippen LogP contribution in [-0.2, 0) is 11.3 Å². The average molecular weight is 289 g/mol. The summed E-state index contributed by atoms with van der Waals surface area (Å²) in [6.07, 6.45) is 2.69. The van der Waals surface area contributed by atoms with Crippen LogP contribution in [0.2, 0.25) is 0 Å². The molecule has 2 aliphatic rings. The van der Waals surface area contributed by atoms with Crippen molar-refractivity contribution in [1.29, 1.82) is 0 Å². The van der Waals surface area contributed by atoms with Crippen molar-refractivity contribution in [2.24, 2.45) is 5.73 Å². The molecule has 2 N–H and O–H groups in total. The molecule has 0 saturated carbocycles. The lowest BCUT2D eigenvalue weighted by Crippen LogP contribution is -2.55. The molecule has 0 aliphatic carbocycles. The van der Waals surface area contributed by atoms with Crippen molar-refractivity contribution >= 4 is 0 Å². The van der Waals surface area contributed by atoms with Gasteiger partial charge in [0.1, 0.15) is 0 Å². The molecule has 2 fully saturated rings. The van der Waals surface area contributed by atoms with Crippen molar-refractivity contribution < 1.29 is 4.74 Å². The maximum absolute atomic E-state index is 6.18. The average Bonchev–Trinajstić information content (AvgIpc) is 3.15. The number of nitrogens with zero attached hydrogens (tertiary/aromatic N) is 2. The molecule has 3 rings (SSSR count). The number of hydrogen-bond donors (Lipinski definition) is 1. The molecule has 0 radical (unpaired) electrons. The molecular formula is C17H27N3O. The Labute approximate surface area is 127 Å². The van der Waals surface area contributed by atoms with E-state index in [1.165, 1.54) is 12.0 Å². The lowest BCUT2D eigenvalue weighted by atomic mass is 9.96. The number of likely N-dealkylation sites (tertiary alicyclic amines) is 2. The van der Waals surface area contributed by atoms with Crippen molar-refractivity contribution in [3.05, 3.63) is 35.9 Å². The molecule has 0 aromatic heterocycles. The highest BCUT2D eigenvalue weighted by Gasteiger charge is 2.44. The van der Waals surface area contributed by atoms with Gasteiger partial charge >= 0.3 is 0 Å². The van der Waals surface area contributed by atoms with Crippen LogP contribution in [0.25, 0.3) is 0 Å². The highest BCUT2D eigenvalue weighted by Crippen LogP contribution is 2.31. The van der Waals surface area contributed by atoms with Gasteiger partial charge in [-0.3, -0.25) is 9.80 Å². The second kappa shape index (κ2) is 6.44. The number of hydrogen-bond acceptors (Lipinski definition) is 4. The monoisotopic (exact) mass is 289 g/mol. The fourth-order valence-corrected chi connectivity index (χ4v) is 3.82. The third-order valence-electron chi connectivity index (χ3n) is 5.19. The molecule has 2 atom stereocenters. The third-order valence-corrected chi connectivity index (χ3v) is 5.19. The second-order valence-corrected chi connectivity index (χ2v) is 6.47. The van der Waals surface area contributed by atoms with Gasteiger partial charge < -0.3 is 10.5 Å². The fourth-order valence-electron chi connectivity index (χ4n) is 3.82. The van der Waals surface area contributed by atoms with Crippen LogP contribution in [0.1, 0.15) is 18.4 Å². The van der Waals surface area contributed by atoms with Gasteiger partial charge in [-0.25, -0.2) is 0 Å². The molecule has 0 bridgehead atoms. The van der Waals surface area contributed by atoms with E-state index in [1.807, 2.05) is 7.11 Å². The van der Waals surface area contributed by atoms with Gasteiger partial charge in [0.15, 0.2) is 0 Å². The Hall–Kier alpha value is -0.940. The predicted octanol–water partition coefficient (Wildman–Crippen LogP) is 1.31. The number of nitrogens with two attached hydrogens (primary N) is 1. The van der Waals surface area contributed by atoms with Gasteiger partial charge in [-0.2, -0.15) is 0 Å². The molecule has 21 heavy (non-hydrogen) atoms. The van der Waals surface area contributed by atoms with E-state index >= 15 is 0 Å². The summed E-state index contributed by atoms with van der Waals surface area (Å²) in [7, 11) is 1.82. The fraction of sp³-hybridized carbons (Fsp3) is 0.647. The first-order valence-electron chi connectivity index (χ1n) is 8.00. The normalized spacial score (nSPS) is 31.0. The number of rotatable bonds is 5. The molecule has 4 nitrogen and oxygen atoms in total. The SMILES string of the molecule is COC1CCN(C2(CN)CCN(Cc3ccccc3)C2)C1. The van der Waals surface area contributed by atoms with Crippen molar-refractivity contribution in [2.45, 2.75) is 31.0 Å². The Balaban J connectivity index is 1.63. The van der Waals surface area contributed by atoms with Crippen LogP contribution in [0.5, 0.6) is 0 Å². The molecule has 4 heteroatoms. The van der Waals surface area contributed by atoms with Crippen molar-refractivity contribution in [3.8, 4) is 0 Å². The van der Waals surface area contributed by atoms with Crippen LogP contribution in [0.3, 0.4) is 0 Å². The number of ether oxygens (including phenoxy) is 1. The van der Waals surface area contributed by atoms with Gasteiger partial charge in [0.05, 0.1) is 6.10 Å². The van der Waals surface area contributed by atoms with Gasteiger partial charge in [0, 0.05) is 51.9 Å². The van der Waals surface area contributed by atoms with Crippen LogP contribution in [-0.4, -0.2) is 61.3 Å². The quantitative estimate of drug-likeness (QED) is 0.887. The minimum Gasteiger partial charge on any atom is -0.380 e. The summed E-state index contributed by atoms with van der Waals surface area (Å²) in [5, 5.41) is 0. The maximum Gasteiger partial charge on any atom is 0.0710 e. The molecular weight excluding hydrogens is 262 g/mol. The summed E-state index contributed by atoms with van der Waals surface area (Å²) < 4.78 is 5.52. The summed E-state index contributed by atoms with van der Waals surface area (Å²) in [6.45, 7) is 6.15. The molecule has 2 aliphatic heterocycles. The second-order valence-electron chi connectivity index (χ2n) is 6.47. The molecule has 2 heterocycles. The molecule has 116 valence electrons. The zero-order valence-corrected chi connectivity index (χ0v) is 13.0. The van der Waals surface area contributed by atoms with Crippen LogP contribution in [0.15, 0.2) is 30.3 Å². The number of methoxy groups -OCH3 is 1. The van der Waals surface area contributed by atoms with Crippen LogP contribution < -0.4 is 5.73 Å². The zero-order chi connectivity index (χ0) is 14.7. The highest BCUT2D eigenvalue weighted by molar-refractivity contribution is 5.15. The largest absolute Gasteiger partial charge is 0.380 e. The van der Waals surface area contributed by atoms with E-state index in [0.29, 0.717) is 6.10 Å². The zero-order valence-electron chi connectivity index (χ0n) is 13.0. The predicted molar refractivity (Wildman–Crippen MR) is 85.1 cm³/mol. The van der Waals surface area contributed by atoms with Gasteiger partial charge in [0.25, 0.3) is 0 Å². The first-order chi connectivity index (χ1) is 10.3. The minimum absolute atomic E-state index is 0.155. The molecule has 0 amide bonds. The Morgan fingerprint density at radius 3 is 2.76 bits per heavy atom. The van der Waals surface area contributed by atoms with Gasteiger partial charge in [-0.1, -0.05) is 30.3 Å². The highest BCUT2D eigenvalue weighted by atomic mass is 16.5. The smallest absolute Gasteiger partial charge is 0.0710 e. The van der Waals surface area contributed by atoms with Crippen molar-refractivity contribution in [1.82, 2.24) is 9.80 Å². The van der Waals surface area contributed by atoms with Crippen LogP contribution >= 0.6 is 0 Å². The summed E-state index contributed by atoms with van der Waals surface area (Å²) in [6, 6.07) is 10.7. The van der Waals surface area contributed by atoms with E-state index in [4.69, 9.17) is 10.5 Å². The number of benzene rings is 1. The van der Waals surface area contributed by atoms with Crippen molar-refractivity contribution in [3.63, 3.8) is 0 Å². The Morgan fingerprint density at radius 1 is 1.29 bits per heavy atom. The van der Waals surface area contributed by atoms with E-state index in [0.717, 1.165) is 45.7 Å². The summed E-state index contributed by atoms with van der Waals surface area (Å²) >= 11 is 0. The minimum atomic E-state index is 0.155. The lowest BCUT2D eigenvalue weighted by molar-refractivity contribution is 0.0754. The Kier molecular flexibility index (Phi) is 4.60. The lowest BCUT2D eigenvalue weighted by Gasteiger charge is -2.38. The third kappa shape index (κ3) is 3.14. The van der Waals surface area contributed by atoms with Gasteiger partial charge in [0.2, 0.25) is 0 Å². The standard InChI is InChI=1S/C17H27N3O/c1-21-16-7-9-20(12-16)17(13-18)8-10-19(14-17)11-15-5-3-2-4-6-15/h2-6,16H,7-14,18H2,1H3. The van der Waals surface area contributed by atoms with Gasteiger partial charge in [-0.05, 0) is 18.4 Å². The molecule has 2 unspecified atom stereocenters. The first-order valence-corrected chi connectivity index (χ1v) is 8.00. The van der Waals surface area contributed by atoms with Gasteiger partial charge in [-0.15, -0.1) is 0 Å².